The zero-order valence-corrected chi connectivity index (χ0v) is 12.0. The summed E-state index contributed by atoms with van der Waals surface area (Å²) in [4.78, 5) is 27.5. The predicted octanol–water partition coefficient (Wildman–Crippen LogP) is -0.0132. The third kappa shape index (κ3) is 4.38. The number of carbonyl (C=O) groups is 2. The fourth-order valence-electron chi connectivity index (χ4n) is 1.78. The van der Waals surface area contributed by atoms with Gasteiger partial charge in [0.05, 0.1) is 6.54 Å². The zero-order chi connectivity index (χ0) is 15.0. The van der Waals surface area contributed by atoms with E-state index in [0.717, 1.165) is 17.0 Å². The van der Waals surface area contributed by atoms with Crippen molar-refractivity contribution in [3.63, 3.8) is 0 Å². The van der Waals surface area contributed by atoms with Gasteiger partial charge in [0, 0.05) is 33.3 Å². The van der Waals surface area contributed by atoms with Crippen molar-refractivity contribution >= 4 is 18.2 Å². The number of hydrogen-bond donors (Lipinski definition) is 2. The maximum atomic E-state index is 11.6. The Hall–Kier alpha value is -2.37. The van der Waals surface area contributed by atoms with Gasteiger partial charge in [0.2, 0.25) is 12.3 Å². The summed E-state index contributed by atoms with van der Waals surface area (Å²) in [5.41, 5.74) is 2.01. The Morgan fingerprint density at radius 1 is 1.35 bits per heavy atom. The molecular formula is C14H20N4O2. The van der Waals surface area contributed by atoms with Crippen LogP contribution in [0.2, 0.25) is 0 Å². The summed E-state index contributed by atoms with van der Waals surface area (Å²) in [6.07, 6.45) is 0.518. The van der Waals surface area contributed by atoms with Gasteiger partial charge in [-0.25, -0.2) is 0 Å². The molecule has 0 aliphatic carbocycles. The number of nitrogens with zero attached hydrogens (tertiary/aromatic N) is 2. The van der Waals surface area contributed by atoms with Gasteiger partial charge in [0.1, 0.15) is 5.84 Å². The van der Waals surface area contributed by atoms with E-state index in [1.165, 1.54) is 0 Å². The van der Waals surface area contributed by atoms with Crippen LogP contribution in [-0.4, -0.2) is 50.7 Å². The number of nitrogens with one attached hydrogen (secondary N) is 2. The standard InChI is InChI=1S/C14H20N4O2/c1-15-14(16-2)12-6-4-11(5-7-12)9-18(3)13(20)8-17-10-19/h4-7,10H,8-9H2,1-3H3,(H,15,16)(H,17,19). The molecular weight excluding hydrogens is 256 g/mol. The molecule has 0 aliphatic rings. The van der Waals surface area contributed by atoms with Gasteiger partial charge < -0.3 is 15.5 Å². The first-order chi connectivity index (χ1) is 9.62. The van der Waals surface area contributed by atoms with Crippen LogP contribution in [0.25, 0.3) is 0 Å². The molecule has 1 aromatic rings. The molecule has 1 aromatic carbocycles. The fourth-order valence-corrected chi connectivity index (χ4v) is 1.78. The lowest BCUT2D eigenvalue weighted by Gasteiger charge is -2.17. The van der Waals surface area contributed by atoms with Gasteiger partial charge in [-0.1, -0.05) is 24.3 Å². The summed E-state index contributed by atoms with van der Waals surface area (Å²) < 4.78 is 0. The number of rotatable bonds is 6. The van der Waals surface area contributed by atoms with E-state index >= 15 is 0 Å². The molecule has 108 valence electrons. The number of likely N-dealkylation sites (N-methyl/N-ethyl adjacent to an activating group) is 1. The monoisotopic (exact) mass is 276 g/mol. The summed E-state index contributed by atoms with van der Waals surface area (Å²) in [6.45, 7) is 0.516. The maximum absolute atomic E-state index is 11.6. The second-order valence-corrected chi connectivity index (χ2v) is 4.27. The minimum Gasteiger partial charge on any atom is -0.373 e. The molecule has 0 fully saturated rings. The lowest BCUT2D eigenvalue weighted by molar-refractivity contribution is -0.130. The van der Waals surface area contributed by atoms with Crippen LogP contribution in [0.1, 0.15) is 11.1 Å². The van der Waals surface area contributed by atoms with Gasteiger partial charge in [-0.3, -0.25) is 14.6 Å². The van der Waals surface area contributed by atoms with Crippen molar-refractivity contribution in [1.29, 1.82) is 0 Å². The Bertz CT molecular complexity index is 482. The van der Waals surface area contributed by atoms with E-state index in [2.05, 4.69) is 15.6 Å². The first kappa shape index (κ1) is 15.7. The molecule has 0 heterocycles. The topological polar surface area (TPSA) is 73.8 Å². The summed E-state index contributed by atoms with van der Waals surface area (Å²) in [6, 6.07) is 7.82. The number of benzene rings is 1. The molecule has 0 saturated heterocycles. The Kier molecular flexibility index (Phi) is 6.22. The lowest BCUT2D eigenvalue weighted by atomic mass is 10.1. The molecule has 0 spiro atoms. The van der Waals surface area contributed by atoms with Crippen LogP contribution in [0.3, 0.4) is 0 Å². The predicted molar refractivity (Wildman–Crippen MR) is 78.5 cm³/mol. The first-order valence-electron chi connectivity index (χ1n) is 6.27. The van der Waals surface area contributed by atoms with Crippen LogP contribution in [0.5, 0.6) is 0 Å². The second kappa shape index (κ2) is 7.93. The van der Waals surface area contributed by atoms with Crippen molar-refractivity contribution in [2.45, 2.75) is 6.54 Å². The molecule has 20 heavy (non-hydrogen) atoms. The van der Waals surface area contributed by atoms with Gasteiger partial charge in [-0.2, -0.15) is 0 Å². The minimum absolute atomic E-state index is 0.0183. The molecule has 6 heteroatoms. The van der Waals surface area contributed by atoms with Gasteiger partial charge in [0.25, 0.3) is 0 Å². The normalized spacial score (nSPS) is 10.8. The molecule has 0 aromatic heterocycles. The van der Waals surface area contributed by atoms with Gasteiger partial charge in [0.15, 0.2) is 0 Å². The number of amides is 2. The molecule has 1 rings (SSSR count). The molecule has 0 bridgehead atoms. The summed E-state index contributed by atoms with van der Waals surface area (Å²) in [5.74, 6) is 0.684. The van der Waals surface area contributed by atoms with E-state index in [0.29, 0.717) is 13.0 Å². The lowest BCUT2D eigenvalue weighted by Crippen LogP contribution is -2.34. The molecule has 0 aliphatic heterocycles. The van der Waals surface area contributed by atoms with Gasteiger partial charge in [-0.15, -0.1) is 0 Å². The van der Waals surface area contributed by atoms with Crippen molar-refractivity contribution in [3.8, 4) is 0 Å². The highest BCUT2D eigenvalue weighted by molar-refractivity contribution is 5.98. The fraction of sp³-hybridized carbons (Fsp3) is 0.357. The second-order valence-electron chi connectivity index (χ2n) is 4.27. The highest BCUT2D eigenvalue weighted by Gasteiger charge is 2.08. The third-order valence-electron chi connectivity index (χ3n) is 2.87. The average molecular weight is 276 g/mol. The summed E-state index contributed by atoms with van der Waals surface area (Å²) in [7, 11) is 5.25. The Balaban J connectivity index is 2.65. The van der Waals surface area contributed by atoms with Gasteiger partial charge >= 0.3 is 0 Å². The van der Waals surface area contributed by atoms with Crippen LogP contribution in [0, 0.1) is 0 Å². The van der Waals surface area contributed by atoms with E-state index in [1.54, 1.807) is 19.0 Å². The van der Waals surface area contributed by atoms with Crippen molar-refractivity contribution in [3.05, 3.63) is 35.4 Å². The maximum Gasteiger partial charge on any atom is 0.241 e. The van der Waals surface area contributed by atoms with Crippen molar-refractivity contribution in [2.75, 3.05) is 27.7 Å². The highest BCUT2D eigenvalue weighted by atomic mass is 16.2. The Morgan fingerprint density at radius 2 is 2.00 bits per heavy atom. The number of aliphatic imine (C=N–C) groups is 1. The van der Waals surface area contributed by atoms with E-state index in [1.807, 2.05) is 31.3 Å². The molecule has 0 unspecified atom stereocenters. The van der Waals surface area contributed by atoms with E-state index in [9.17, 15) is 9.59 Å². The zero-order valence-electron chi connectivity index (χ0n) is 12.0. The number of amidine groups is 1. The summed E-state index contributed by atoms with van der Waals surface area (Å²) in [5, 5.41) is 5.37. The van der Waals surface area contributed by atoms with Crippen LogP contribution in [-0.2, 0) is 16.1 Å². The first-order valence-corrected chi connectivity index (χ1v) is 6.27. The summed E-state index contributed by atoms with van der Waals surface area (Å²) >= 11 is 0. The van der Waals surface area contributed by atoms with Gasteiger partial charge in [-0.05, 0) is 5.56 Å². The van der Waals surface area contributed by atoms with Crippen LogP contribution in [0.15, 0.2) is 29.3 Å². The quantitative estimate of drug-likeness (QED) is 0.436. The number of carbonyl (C=O) groups excluding carboxylic acids is 2. The van der Waals surface area contributed by atoms with E-state index in [-0.39, 0.29) is 12.5 Å². The average Bonchev–Trinajstić information content (AvgIpc) is 2.47. The SMILES string of the molecule is CN=C(NC)c1ccc(CN(C)C(=O)CNC=O)cc1. The molecule has 0 atom stereocenters. The Morgan fingerprint density at radius 3 is 2.50 bits per heavy atom. The molecule has 6 nitrogen and oxygen atoms in total. The minimum atomic E-state index is -0.132. The molecule has 2 N–H and O–H groups in total. The molecule has 0 saturated carbocycles. The van der Waals surface area contributed by atoms with E-state index < -0.39 is 0 Å². The van der Waals surface area contributed by atoms with Crippen molar-refractivity contribution < 1.29 is 9.59 Å². The third-order valence-corrected chi connectivity index (χ3v) is 2.87. The van der Waals surface area contributed by atoms with E-state index in [4.69, 9.17) is 0 Å². The van der Waals surface area contributed by atoms with Crippen molar-refractivity contribution in [2.24, 2.45) is 4.99 Å². The molecule has 2 amide bonds. The largest absolute Gasteiger partial charge is 0.373 e. The van der Waals surface area contributed by atoms with Crippen LogP contribution < -0.4 is 10.6 Å². The molecule has 0 radical (unpaired) electrons. The smallest absolute Gasteiger partial charge is 0.241 e. The highest BCUT2D eigenvalue weighted by Crippen LogP contribution is 2.07. The van der Waals surface area contributed by atoms with Crippen molar-refractivity contribution in [1.82, 2.24) is 15.5 Å². The number of hydrogen-bond acceptors (Lipinski definition) is 3. The Labute approximate surface area is 118 Å². The van der Waals surface area contributed by atoms with Crippen LogP contribution in [0.4, 0.5) is 0 Å². The van der Waals surface area contributed by atoms with Crippen LogP contribution >= 0.6 is 0 Å².